The minimum absolute atomic E-state index is 0.362. The maximum Gasteiger partial charge on any atom is 0.332 e. The molecule has 0 aromatic carbocycles. The van der Waals surface area contributed by atoms with E-state index in [1.165, 1.54) is 0 Å². The number of carboxylic acids is 1. The van der Waals surface area contributed by atoms with Crippen LogP contribution in [0.25, 0.3) is 0 Å². The Labute approximate surface area is 99.0 Å². The summed E-state index contributed by atoms with van der Waals surface area (Å²) in [5, 5.41) is 12.7. The van der Waals surface area contributed by atoms with Crippen molar-refractivity contribution in [1.82, 2.24) is 10.1 Å². The fourth-order valence-electron chi connectivity index (χ4n) is 1.84. The summed E-state index contributed by atoms with van der Waals surface area (Å²) in [5.74, 6) is 0.141. The number of ether oxygens (including phenoxy) is 1. The average molecular weight is 240 g/mol. The minimum atomic E-state index is -0.932. The quantitative estimate of drug-likeness (QED) is 0.843. The number of aliphatic carboxylic acids is 1. The molecule has 6 heteroatoms. The highest BCUT2D eigenvalue weighted by atomic mass is 16.5. The van der Waals surface area contributed by atoms with Crippen molar-refractivity contribution in [2.75, 3.05) is 0 Å². The summed E-state index contributed by atoms with van der Waals surface area (Å²) in [5.41, 5.74) is 0. The number of unbranched alkanes of at least 4 members (excludes halogenated alkanes) is 1. The predicted molar refractivity (Wildman–Crippen MR) is 57.4 cm³/mol. The van der Waals surface area contributed by atoms with E-state index in [4.69, 9.17) is 14.4 Å². The molecule has 0 spiro atoms. The number of carboxylic acid groups (broad SMARTS) is 1. The third-order valence-corrected chi connectivity index (χ3v) is 2.81. The molecule has 2 atom stereocenters. The highest BCUT2D eigenvalue weighted by molar-refractivity contribution is 5.72. The van der Waals surface area contributed by atoms with Crippen molar-refractivity contribution in [2.45, 2.75) is 51.2 Å². The number of aryl methyl sites for hydroxylation is 1. The van der Waals surface area contributed by atoms with Gasteiger partial charge in [-0.15, -0.1) is 0 Å². The van der Waals surface area contributed by atoms with Gasteiger partial charge in [0.05, 0.1) is 0 Å². The van der Waals surface area contributed by atoms with E-state index < -0.39 is 12.1 Å². The van der Waals surface area contributed by atoms with Gasteiger partial charge in [0.1, 0.15) is 6.10 Å². The number of hydrogen-bond donors (Lipinski definition) is 1. The standard InChI is InChI=1S/C11H16N2O4/c1-2-3-4-9-12-10(17-13-9)7-5-6-8(16-7)11(14)15/h7-8H,2-6H2,1H3,(H,14,15). The molecular weight excluding hydrogens is 224 g/mol. The van der Waals surface area contributed by atoms with Crippen LogP contribution in [-0.2, 0) is 16.0 Å². The molecule has 0 aliphatic carbocycles. The van der Waals surface area contributed by atoms with Gasteiger partial charge in [-0.3, -0.25) is 0 Å². The first kappa shape index (κ1) is 12.0. The molecule has 1 aliphatic rings. The molecule has 1 fully saturated rings. The van der Waals surface area contributed by atoms with Crippen molar-refractivity contribution in [1.29, 1.82) is 0 Å². The van der Waals surface area contributed by atoms with Gasteiger partial charge in [0.2, 0.25) is 0 Å². The Balaban J connectivity index is 1.94. The van der Waals surface area contributed by atoms with Gasteiger partial charge in [0.25, 0.3) is 5.89 Å². The van der Waals surface area contributed by atoms with Crippen molar-refractivity contribution >= 4 is 5.97 Å². The van der Waals surface area contributed by atoms with Crippen molar-refractivity contribution in [3.05, 3.63) is 11.7 Å². The van der Waals surface area contributed by atoms with Gasteiger partial charge in [-0.1, -0.05) is 18.5 Å². The number of carbonyl (C=O) groups is 1. The molecule has 6 nitrogen and oxygen atoms in total. The highest BCUT2D eigenvalue weighted by Gasteiger charge is 2.34. The first-order chi connectivity index (χ1) is 8.20. The Hall–Kier alpha value is -1.43. The summed E-state index contributed by atoms with van der Waals surface area (Å²) in [6.07, 6.45) is 2.88. The van der Waals surface area contributed by atoms with E-state index in [1.54, 1.807) is 0 Å². The predicted octanol–water partition coefficient (Wildman–Crippen LogP) is 1.72. The smallest absolute Gasteiger partial charge is 0.332 e. The second kappa shape index (κ2) is 5.27. The molecule has 2 rings (SSSR count). The molecule has 2 heterocycles. The summed E-state index contributed by atoms with van der Waals surface area (Å²) in [6, 6.07) is 0. The van der Waals surface area contributed by atoms with Crippen LogP contribution in [0.3, 0.4) is 0 Å². The molecule has 0 amide bonds. The van der Waals surface area contributed by atoms with Crippen LogP contribution in [0.4, 0.5) is 0 Å². The molecule has 2 unspecified atom stereocenters. The molecule has 17 heavy (non-hydrogen) atoms. The maximum absolute atomic E-state index is 10.7. The first-order valence-electron chi connectivity index (χ1n) is 5.91. The Kier molecular flexibility index (Phi) is 3.73. The average Bonchev–Trinajstić information content (AvgIpc) is 2.94. The summed E-state index contributed by atoms with van der Waals surface area (Å²) in [7, 11) is 0. The first-order valence-corrected chi connectivity index (χ1v) is 5.91. The van der Waals surface area contributed by atoms with Crippen molar-refractivity contribution in [3.63, 3.8) is 0 Å². The van der Waals surface area contributed by atoms with Gasteiger partial charge < -0.3 is 14.4 Å². The molecule has 1 saturated heterocycles. The largest absolute Gasteiger partial charge is 0.479 e. The molecular formula is C11H16N2O4. The summed E-state index contributed by atoms with van der Waals surface area (Å²) in [6.45, 7) is 2.10. The zero-order valence-corrected chi connectivity index (χ0v) is 9.76. The van der Waals surface area contributed by atoms with E-state index in [1.807, 2.05) is 0 Å². The van der Waals surface area contributed by atoms with E-state index in [2.05, 4.69) is 17.1 Å². The lowest BCUT2D eigenvalue weighted by atomic mass is 10.2. The molecule has 1 aliphatic heterocycles. The summed E-state index contributed by atoms with van der Waals surface area (Å²) in [4.78, 5) is 15.0. The molecule has 0 radical (unpaired) electrons. The van der Waals surface area contributed by atoms with Gasteiger partial charge in [0, 0.05) is 6.42 Å². The normalized spacial score (nSPS) is 24.1. The van der Waals surface area contributed by atoms with Gasteiger partial charge >= 0.3 is 5.97 Å². The van der Waals surface area contributed by atoms with Gasteiger partial charge in [-0.25, -0.2) is 4.79 Å². The summed E-state index contributed by atoms with van der Waals surface area (Å²) >= 11 is 0. The maximum atomic E-state index is 10.7. The fraction of sp³-hybridized carbons (Fsp3) is 0.727. The number of rotatable bonds is 5. The second-order valence-corrected chi connectivity index (χ2v) is 4.18. The Morgan fingerprint density at radius 3 is 3.00 bits per heavy atom. The van der Waals surface area contributed by atoms with Gasteiger partial charge in [-0.2, -0.15) is 4.98 Å². The van der Waals surface area contributed by atoms with E-state index in [0.717, 1.165) is 19.3 Å². The molecule has 0 bridgehead atoms. The van der Waals surface area contributed by atoms with Crippen LogP contribution in [-0.4, -0.2) is 27.3 Å². The number of hydrogen-bond acceptors (Lipinski definition) is 5. The van der Waals surface area contributed by atoms with Crippen LogP contribution in [0.1, 0.15) is 50.4 Å². The Morgan fingerprint density at radius 2 is 2.35 bits per heavy atom. The monoisotopic (exact) mass is 240 g/mol. The molecule has 94 valence electrons. The summed E-state index contributed by atoms with van der Waals surface area (Å²) < 4.78 is 10.4. The zero-order chi connectivity index (χ0) is 12.3. The van der Waals surface area contributed by atoms with Crippen LogP contribution >= 0.6 is 0 Å². The molecule has 1 N–H and O–H groups in total. The molecule has 0 saturated carbocycles. The zero-order valence-electron chi connectivity index (χ0n) is 9.76. The van der Waals surface area contributed by atoms with Crippen molar-refractivity contribution in [2.24, 2.45) is 0 Å². The van der Waals surface area contributed by atoms with Crippen LogP contribution in [0.15, 0.2) is 4.52 Å². The van der Waals surface area contributed by atoms with Crippen molar-refractivity contribution in [3.8, 4) is 0 Å². The fourth-order valence-corrected chi connectivity index (χ4v) is 1.84. The number of aromatic nitrogens is 2. The van der Waals surface area contributed by atoms with Crippen LogP contribution < -0.4 is 0 Å². The molecule has 1 aromatic heterocycles. The second-order valence-electron chi connectivity index (χ2n) is 4.18. The van der Waals surface area contributed by atoms with Gasteiger partial charge in [0.15, 0.2) is 11.9 Å². The Morgan fingerprint density at radius 1 is 1.53 bits per heavy atom. The van der Waals surface area contributed by atoms with E-state index in [0.29, 0.717) is 24.6 Å². The topological polar surface area (TPSA) is 85.5 Å². The lowest BCUT2D eigenvalue weighted by molar-refractivity contribution is -0.150. The van der Waals surface area contributed by atoms with Crippen LogP contribution in [0.2, 0.25) is 0 Å². The Bertz CT molecular complexity index is 391. The minimum Gasteiger partial charge on any atom is -0.479 e. The van der Waals surface area contributed by atoms with Crippen LogP contribution in [0, 0.1) is 0 Å². The van der Waals surface area contributed by atoms with E-state index >= 15 is 0 Å². The lowest BCUT2D eigenvalue weighted by Gasteiger charge is -2.05. The molecule has 1 aromatic rings. The van der Waals surface area contributed by atoms with E-state index in [9.17, 15) is 4.79 Å². The lowest BCUT2D eigenvalue weighted by Crippen LogP contribution is -2.18. The van der Waals surface area contributed by atoms with Gasteiger partial charge in [-0.05, 0) is 19.3 Å². The number of nitrogens with zero attached hydrogens (tertiary/aromatic N) is 2. The highest BCUT2D eigenvalue weighted by Crippen LogP contribution is 2.31. The van der Waals surface area contributed by atoms with Crippen LogP contribution in [0.5, 0.6) is 0 Å². The third kappa shape index (κ3) is 2.82. The SMILES string of the molecule is CCCCc1noc(C2CCC(C(=O)O)O2)n1. The van der Waals surface area contributed by atoms with E-state index in [-0.39, 0.29) is 6.10 Å². The van der Waals surface area contributed by atoms with Crippen molar-refractivity contribution < 1.29 is 19.2 Å². The third-order valence-electron chi connectivity index (χ3n) is 2.81.